The number of nitrogens with two attached hydrogens (primary N) is 1. The number of carbonyl (C=O) groups excluding carboxylic acids is 1. The maximum atomic E-state index is 11.6. The molecular weight excluding hydrogens is 279 g/mol. The molecule has 98 valence electrons. The molecule has 0 aliphatic heterocycles. The summed E-state index contributed by atoms with van der Waals surface area (Å²) in [5.74, 6) is -1.73. The molecule has 0 aliphatic carbocycles. The highest BCUT2D eigenvalue weighted by Crippen LogP contribution is 2.30. The van der Waals surface area contributed by atoms with Crippen molar-refractivity contribution >= 4 is 40.8 Å². The number of benzene rings is 1. The first-order chi connectivity index (χ1) is 8.36. The second kappa shape index (κ2) is 6.04. The molecule has 1 rings (SSSR count). The molecule has 0 radical (unpaired) electrons. The van der Waals surface area contributed by atoms with Crippen LogP contribution < -0.4 is 11.1 Å². The van der Waals surface area contributed by atoms with Gasteiger partial charge in [0.25, 0.3) is 0 Å². The number of carbonyl (C=O) groups is 2. The van der Waals surface area contributed by atoms with Crippen molar-refractivity contribution in [3.05, 3.63) is 27.7 Å². The van der Waals surface area contributed by atoms with Gasteiger partial charge in [-0.3, -0.25) is 4.79 Å². The standard InChI is InChI=1S/C11H12Cl2N2O3/c1-2-8(14)10(16)15-9-6(11(17)18)3-5(12)4-7(9)13/h3-4,8H,2,14H2,1H3,(H,15,16)(H,17,18)/t8-/m1/s1. The van der Waals surface area contributed by atoms with Gasteiger partial charge in [-0.05, 0) is 18.6 Å². The second-order valence-corrected chi connectivity index (χ2v) is 4.46. The molecule has 1 aromatic carbocycles. The Kier molecular flexibility index (Phi) is 4.95. The average Bonchev–Trinajstić information content (AvgIpc) is 2.30. The van der Waals surface area contributed by atoms with E-state index >= 15 is 0 Å². The Morgan fingerprint density at radius 2 is 2.06 bits per heavy atom. The molecule has 1 atom stereocenters. The van der Waals surface area contributed by atoms with E-state index in [-0.39, 0.29) is 21.3 Å². The minimum Gasteiger partial charge on any atom is -0.478 e. The molecule has 0 aromatic heterocycles. The van der Waals surface area contributed by atoms with E-state index in [1.165, 1.54) is 12.1 Å². The number of rotatable bonds is 4. The van der Waals surface area contributed by atoms with Crippen LogP contribution in [0.15, 0.2) is 12.1 Å². The van der Waals surface area contributed by atoms with Gasteiger partial charge < -0.3 is 16.2 Å². The van der Waals surface area contributed by atoms with Crippen LogP contribution in [0.4, 0.5) is 5.69 Å². The maximum Gasteiger partial charge on any atom is 0.337 e. The van der Waals surface area contributed by atoms with Gasteiger partial charge in [0.2, 0.25) is 5.91 Å². The Balaban J connectivity index is 3.15. The minimum atomic E-state index is -1.24. The number of hydrogen-bond donors (Lipinski definition) is 3. The number of nitrogens with one attached hydrogen (secondary N) is 1. The van der Waals surface area contributed by atoms with Crippen molar-refractivity contribution in [3.8, 4) is 0 Å². The van der Waals surface area contributed by atoms with Gasteiger partial charge in [-0.2, -0.15) is 0 Å². The monoisotopic (exact) mass is 290 g/mol. The fourth-order valence-electron chi connectivity index (χ4n) is 1.27. The smallest absolute Gasteiger partial charge is 0.337 e. The average molecular weight is 291 g/mol. The lowest BCUT2D eigenvalue weighted by Gasteiger charge is -2.13. The van der Waals surface area contributed by atoms with Gasteiger partial charge in [-0.25, -0.2) is 4.79 Å². The summed E-state index contributed by atoms with van der Waals surface area (Å²) >= 11 is 11.6. The molecule has 1 amide bonds. The molecule has 0 aliphatic rings. The molecule has 0 unspecified atom stereocenters. The third kappa shape index (κ3) is 3.35. The maximum absolute atomic E-state index is 11.6. The summed E-state index contributed by atoms with van der Waals surface area (Å²) < 4.78 is 0. The predicted molar refractivity (Wildman–Crippen MR) is 70.3 cm³/mol. The van der Waals surface area contributed by atoms with Gasteiger partial charge in [-0.1, -0.05) is 30.1 Å². The summed E-state index contributed by atoms with van der Waals surface area (Å²) in [5.41, 5.74) is 5.37. The zero-order valence-electron chi connectivity index (χ0n) is 9.54. The normalized spacial score (nSPS) is 12.0. The van der Waals surface area contributed by atoms with E-state index in [2.05, 4.69) is 5.32 Å². The molecule has 4 N–H and O–H groups in total. The molecule has 1 aromatic rings. The highest BCUT2D eigenvalue weighted by atomic mass is 35.5. The first kappa shape index (κ1) is 14.8. The molecule has 0 heterocycles. The summed E-state index contributed by atoms with van der Waals surface area (Å²) in [7, 11) is 0. The van der Waals surface area contributed by atoms with E-state index in [4.69, 9.17) is 34.0 Å². The summed E-state index contributed by atoms with van der Waals surface area (Å²) in [4.78, 5) is 22.7. The van der Waals surface area contributed by atoms with E-state index in [0.29, 0.717) is 6.42 Å². The van der Waals surface area contributed by atoms with Crippen molar-refractivity contribution < 1.29 is 14.7 Å². The topological polar surface area (TPSA) is 92.4 Å². The number of amides is 1. The van der Waals surface area contributed by atoms with Crippen LogP contribution in [-0.4, -0.2) is 23.0 Å². The zero-order valence-corrected chi connectivity index (χ0v) is 11.0. The summed E-state index contributed by atoms with van der Waals surface area (Å²) in [6.45, 7) is 1.74. The van der Waals surface area contributed by atoms with E-state index < -0.39 is 17.9 Å². The SMILES string of the molecule is CC[C@@H](N)C(=O)Nc1c(Cl)cc(Cl)cc1C(=O)O. The summed E-state index contributed by atoms with van der Waals surface area (Å²) in [5, 5.41) is 11.7. The lowest BCUT2D eigenvalue weighted by Crippen LogP contribution is -2.35. The summed E-state index contributed by atoms with van der Waals surface area (Å²) in [6.07, 6.45) is 0.430. The predicted octanol–water partition coefficient (Wildman–Crippen LogP) is 2.37. The second-order valence-electron chi connectivity index (χ2n) is 3.62. The summed E-state index contributed by atoms with van der Waals surface area (Å²) in [6, 6.07) is 1.84. The van der Waals surface area contributed by atoms with Crippen LogP contribution in [0.3, 0.4) is 0 Å². The van der Waals surface area contributed by atoms with Crippen molar-refractivity contribution in [2.24, 2.45) is 5.73 Å². The molecule has 0 bridgehead atoms. The Labute approximate surface area is 114 Å². The largest absolute Gasteiger partial charge is 0.478 e. The van der Waals surface area contributed by atoms with Crippen molar-refractivity contribution in [1.29, 1.82) is 0 Å². The van der Waals surface area contributed by atoms with Crippen LogP contribution in [0.2, 0.25) is 10.0 Å². The fourth-order valence-corrected chi connectivity index (χ4v) is 1.81. The number of carboxylic acid groups (broad SMARTS) is 1. The van der Waals surface area contributed by atoms with Crippen molar-refractivity contribution in [2.45, 2.75) is 19.4 Å². The molecular formula is C11H12Cl2N2O3. The molecule has 0 fully saturated rings. The molecule has 18 heavy (non-hydrogen) atoms. The van der Waals surface area contributed by atoms with Crippen LogP contribution in [-0.2, 0) is 4.79 Å². The quantitative estimate of drug-likeness (QED) is 0.794. The van der Waals surface area contributed by atoms with E-state index in [9.17, 15) is 9.59 Å². The molecule has 5 nitrogen and oxygen atoms in total. The Bertz CT molecular complexity index is 491. The molecule has 0 spiro atoms. The lowest BCUT2D eigenvalue weighted by atomic mass is 10.1. The van der Waals surface area contributed by atoms with Crippen molar-refractivity contribution in [3.63, 3.8) is 0 Å². The van der Waals surface area contributed by atoms with E-state index in [1.54, 1.807) is 6.92 Å². The Hall–Kier alpha value is -1.30. The van der Waals surface area contributed by atoms with Gasteiger partial charge in [0.15, 0.2) is 0 Å². The lowest BCUT2D eigenvalue weighted by molar-refractivity contribution is -0.117. The third-order valence-corrected chi connectivity index (χ3v) is 2.83. The molecule has 7 heteroatoms. The number of aromatic carboxylic acids is 1. The van der Waals surface area contributed by atoms with Crippen LogP contribution in [0, 0.1) is 0 Å². The van der Waals surface area contributed by atoms with Gasteiger partial charge in [0.1, 0.15) is 0 Å². The van der Waals surface area contributed by atoms with Gasteiger partial charge in [-0.15, -0.1) is 0 Å². The number of hydrogen-bond acceptors (Lipinski definition) is 3. The first-order valence-electron chi connectivity index (χ1n) is 5.15. The molecule has 0 saturated carbocycles. The minimum absolute atomic E-state index is 0.00228. The number of halogens is 2. The van der Waals surface area contributed by atoms with Gasteiger partial charge in [0.05, 0.1) is 22.3 Å². The number of carboxylic acids is 1. The zero-order chi connectivity index (χ0) is 13.9. The fraction of sp³-hybridized carbons (Fsp3) is 0.273. The van der Waals surface area contributed by atoms with Crippen LogP contribution in [0.5, 0.6) is 0 Å². The van der Waals surface area contributed by atoms with Gasteiger partial charge in [0, 0.05) is 5.02 Å². The highest BCUT2D eigenvalue weighted by molar-refractivity contribution is 6.37. The van der Waals surface area contributed by atoms with Crippen molar-refractivity contribution in [1.82, 2.24) is 0 Å². The third-order valence-electron chi connectivity index (χ3n) is 2.31. The van der Waals surface area contributed by atoms with E-state index in [1.807, 2.05) is 0 Å². The van der Waals surface area contributed by atoms with Crippen molar-refractivity contribution in [2.75, 3.05) is 5.32 Å². The van der Waals surface area contributed by atoms with Crippen LogP contribution in [0.1, 0.15) is 23.7 Å². The van der Waals surface area contributed by atoms with Gasteiger partial charge >= 0.3 is 5.97 Å². The number of anilines is 1. The highest BCUT2D eigenvalue weighted by Gasteiger charge is 2.19. The van der Waals surface area contributed by atoms with E-state index in [0.717, 1.165) is 0 Å². The first-order valence-corrected chi connectivity index (χ1v) is 5.91. The Morgan fingerprint density at radius 3 is 2.56 bits per heavy atom. The molecule has 0 saturated heterocycles. The van der Waals surface area contributed by atoms with Crippen LogP contribution >= 0.6 is 23.2 Å². The Morgan fingerprint density at radius 1 is 1.44 bits per heavy atom. The van der Waals surface area contributed by atoms with Crippen LogP contribution in [0.25, 0.3) is 0 Å².